The van der Waals surface area contributed by atoms with Crippen molar-refractivity contribution in [1.82, 2.24) is 9.97 Å². The van der Waals surface area contributed by atoms with Crippen LogP contribution in [-0.2, 0) is 4.74 Å². The molecule has 2 heterocycles. The first-order valence-electron chi connectivity index (χ1n) is 8.81. The molecule has 4 rings (SSSR count). The van der Waals surface area contributed by atoms with Gasteiger partial charge in [0.25, 0.3) is 5.69 Å². The van der Waals surface area contributed by atoms with E-state index in [0.29, 0.717) is 19.0 Å². The zero-order valence-electron chi connectivity index (χ0n) is 14.9. The molecule has 2 aromatic carbocycles. The lowest BCUT2D eigenvalue weighted by Crippen LogP contribution is -2.04. The molecule has 27 heavy (non-hydrogen) atoms. The summed E-state index contributed by atoms with van der Waals surface area (Å²) in [6, 6.07) is 14.7. The number of nitro groups is 1. The van der Waals surface area contributed by atoms with Crippen molar-refractivity contribution in [3.63, 3.8) is 0 Å². The van der Waals surface area contributed by atoms with Crippen molar-refractivity contribution in [2.24, 2.45) is 0 Å². The third-order valence-electron chi connectivity index (χ3n) is 4.63. The Kier molecular flexibility index (Phi) is 4.56. The Morgan fingerprint density at radius 2 is 1.96 bits per heavy atom. The van der Waals surface area contributed by atoms with Crippen molar-refractivity contribution in [2.45, 2.75) is 13.3 Å². The second-order valence-corrected chi connectivity index (χ2v) is 6.54. The van der Waals surface area contributed by atoms with Gasteiger partial charge in [0.05, 0.1) is 29.5 Å². The van der Waals surface area contributed by atoms with E-state index in [0.717, 1.165) is 28.9 Å². The van der Waals surface area contributed by atoms with Crippen molar-refractivity contribution in [3.05, 3.63) is 76.0 Å². The summed E-state index contributed by atoms with van der Waals surface area (Å²) in [6.07, 6.45) is 2.90. The maximum Gasteiger partial charge on any atom is 0.269 e. The summed E-state index contributed by atoms with van der Waals surface area (Å²) >= 11 is 0. The summed E-state index contributed by atoms with van der Waals surface area (Å²) in [5, 5.41) is 10.9. The molecule has 0 spiro atoms. The molecule has 0 amide bonds. The molecule has 0 bridgehead atoms. The molecule has 0 atom stereocenters. The van der Waals surface area contributed by atoms with Gasteiger partial charge in [0, 0.05) is 23.3 Å². The van der Waals surface area contributed by atoms with Gasteiger partial charge in [-0.25, -0.2) is 4.98 Å². The number of aromatic amines is 1. The van der Waals surface area contributed by atoms with Crippen LogP contribution in [0, 0.1) is 17.0 Å². The smallest absolute Gasteiger partial charge is 0.269 e. The molecule has 0 aliphatic carbocycles. The van der Waals surface area contributed by atoms with Crippen molar-refractivity contribution in [1.29, 1.82) is 0 Å². The first-order chi connectivity index (χ1) is 13.1. The van der Waals surface area contributed by atoms with Crippen LogP contribution in [0.25, 0.3) is 28.2 Å². The highest BCUT2D eigenvalue weighted by Crippen LogP contribution is 2.33. The van der Waals surface area contributed by atoms with E-state index in [-0.39, 0.29) is 5.69 Å². The molecule has 0 fully saturated rings. The third kappa shape index (κ3) is 3.52. The second kappa shape index (κ2) is 7.17. The fourth-order valence-corrected chi connectivity index (χ4v) is 3.24. The van der Waals surface area contributed by atoms with Crippen LogP contribution in [0.15, 0.2) is 54.6 Å². The summed E-state index contributed by atoms with van der Waals surface area (Å²) in [7, 11) is 0. The van der Waals surface area contributed by atoms with Crippen molar-refractivity contribution < 1.29 is 9.66 Å². The maximum absolute atomic E-state index is 10.9. The molecule has 6 heteroatoms. The van der Waals surface area contributed by atoms with Gasteiger partial charge in [-0.1, -0.05) is 29.8 Å². The molecular formula is C21H19N3O3. The number of nitro benzene ring substituents is 1. The Bertz CT molecular complexity index is 1020. The number of aryl methyl sites for hydroxylation is 1. The SMILES string of the molecule is Cc1cccc(-c2nc(-c3ccc([N+](=O)[O-])cc3)[nH]c2C2=CCOCC2)c1. The number of imidazole rings is 1. The Hall–Kier alpha value is -3.25. The van der Waals surface area contributed by atoms with Crippen LogP contribution in [0.1, 0.15) is 17.7 Å². The highest BCUT2D eigenvalue weighted by Gasteiger charge is 2.19. The van der Waals surface area contributed by atoms with Gasteiger partial charge in [0.15, 0.2) is 0 Å². The molecule has 1 aromatic heterocycles. The van der Waals surface area contributed by atoms with E-state index in [9.17, 15) is 10.1 Å². The highest BCUT2D eigenvalue weighted by molar-refractivity contribution is 5.80. The van der Waals surface area contributed by atoms with Gasteiger partial charge in [-0.2, -0.15) is 0 Å². The molecule has 136 valence electrons. The van der Waals surface area contributed by atoms with Gasteiger partial charge in [-0.05, 0) is 37.1 Å². The predicted octanol–water partition coefficient (Wildman–Crippen LogP) is 4.76. The Morgan fingerprint density at radius 3 is 2.63 bits per heavy atom. The predicted molar refractivity (Wildman–Crippen MR) is 104 cm³/mol. The summed E-state index contributed by atoms with van der Waals surface area (Å²) in [6.45, 7) is 3.33. The van der Waals surface area contributed by atoms with Crippen LogP contribution in [0.4, 0.5) is 5.69 Å². The van der Waals surface area contributed by atoms with Gasteiger partial charge in [-0.3, -0.25) is 10.1 Å². The lowest BCUT2D eigenvalue weighted by atomic mass is 10.0. The van der Waals surface area contributed by atoms with Crippen LogP contribution in [0.3, 0.4) is 0 Å². The monoisotopic (exact) mass is 361 g/mol. The summed E-state index contributed by atoms with van der Waals surface area (Å²) in [5.41, 5.74) is 6.14. The van der Waals surface area contributed by atoms with E-state index in [4.69, 9.17) is 9.72 Å². The lowest BCUT2D eigenvalue weighted by molar-refractivity contribution is -0.384. The zero-order valence-corrected chi connectivity index (χ0v) is 14.9. The molecular weight excluding hydrogens is 342 g/mol. The van der Waals surface area contributed by atoms with Crippen molar-refractivity contribution in [2.75, 3.05) is 13.2 Å². The molecule has 3 aromatic rings. The molecule has 1 N–H and O–H groups in total. The fraction of sp³-hybridized carbons (Fsp3) is 0.190. The van der Waals surface area contributed by atoms with Gasteiger partial charge < -0.3 is 9.72 Å². The minimum Gasteiger partial charge on any atom is -0.377 e. The largest absolute Gasteiger partial charge is 0.377 e. The van der Waals surface area contributed by atoms with Crippen LogP contribution >= 0.6 is 0 Å². The normalized spacial score (nSPS) is 14.0. The van der Waals surface area contributed by atoms with E-state index in [1.807, 2.05) is 12.1 Å². The van der Waals surface area contributed by atoms with Gasteiger partial charge >= 0.3 is 0 Å². The highest BCUT2D eigenvalue weighted by atomic mass is 16.6. The molecule has 1 aliphatic heterocycles. The minimum absolute atomic E-state index is 0.0663. The van der Waals surface area contributed by atoms with Gasteiger partial charge in [0.1, 0.15) is 5.82 Å². The van der Waals surface area contributed by atoms with Crippen LogP contribution in [0.2, 0.25) is 0 Å². The number of hydrogen-bond acceptors (Lipinski definition) is 4. The minimum atomic E-state index is -0.400. The Morgan fingerprint density at radius 1 is 1.15 bits per heavy atom. The first kappa shape index (κ1) is 17.2. The average Bonchev–Trinajstić information content (AvgIpc) is 3.14. The molecule has 0 saturated heterocycles. The average molecular weight is 361 g/mol. The van der Waals surface area contributed by atoms with E-state index >= 15 is 0 Å². The van der Waals surface area contributed by atoms with Gasteiger partial charge in [-0.15, -0.1) is 0 Å². The number of nitrogens with one attached hydrogen (secondary N) is 1. The molecule has 6 nitrogen and oxygen atoms in total. The molecule has 1 aliphatic rings. The fourth-order valence-electron chi connectivity index (χ4n) is 3.24. The number of nitrogens with zero attached hydrogens (tertiary/aromatic N) is 2. The number of non-ortho nitro benzene ring substituents is 1. The van der Waals surface area contributed by atoms with Crippen LogP contribution in [0.5, 0.6) is 0 Å². The first-order valence-corrected chi connectivity index (χ1v) is 8.81. The number of hydrogen-bond donors (Lipinski definition) is 1. The van der Waals surface area contributed by atoms with Crippen molar-refractivity contribution in [3.8, 4) is 22.6 Å². The summed E-state index contributed by atoms with van der Waals surface area (Å²) < 4.78 is 5.44. The quantitative estimate of drug-likeness (QED) is 0.536. The van der Waals surface area contributed by atoms with E-state index < -0.39 is 4.92 Å². The maximum atomic E-state index is 10.9. The van der Waals surface area contributed by atoms with Crippen LogP contribution in [-0.4, -0.2) is 28.1 Å². The van der Waals surface area contributed by atoms with Gasteiger partial charge in [0.2, 0.25) is 0 Å². The lowest BCUT2D eigenvalue weighted by Gasteiger charge is -2.13. The standard InChI is InChI=1S/C21H19N3O3/c1-14-3-2-4-17(13-14)20-19(15-9-11-27-12-10-15)22-21(23-20)16-5-7-18(8-6-16)24(25)26/h2-9,13H,10-12H2,1H3,(H,22,23). The van der Waals surface area contributed by atoms with E-state index in [1.54, 1.807) is 12.1 Å². The molecule has 0 saturated carbocycles. The van der Waals surface area contributed by atoms with E-state index in [1.165, 1.54) is 23.3 Å². The Balaban J connectivity index is 1.82. The zero-order chi connectivity index (χ0) is 18.8. The Labute approximate surface area is 156 Å². The number of rotatable bonds is 4. The summed E-state index contributed by atoms with van der Waals surface area (Å²) in [5.74, 6) is 0.698. The number of ether oxygens (including phenoxy) is 1. The van der Waals surface area contributed by atoms with Crippen LogP contribution < -0.4 is 0 Å². The molecule has 0 unspecified atom stereocenters. The molecule has 0 radical (unpaired) electrons. The number of aromatic nitrogens is 2. The summed E-state index contributed by atoms with van der Waals surface area (Å²) in [4.78, 5) is 18.8. The topological polar surface area (TPSA) is 81.0 Å². The number of H-pyrrole nitrogens is 1. The van der Waals surface area contributed by atoms with Crippen molar-refractivity contribution >= 4 is 11.3 Å². The second-order valence-electron chi connectivity index (χ2n) is 6.54. The third-order valence-corrected chi connectivity index (χ3v) is 4.63. The van der Waals surface area contributed by atoms with E-state index in [2.05, 4.69) is 30.1 Å². The number of benzene rings is 2.